The number of aryl methyl sites for hydroxylation is 1. The lowest BCUT2D eigenvalue weighted by Crippen LogP contribution is -2.25. The van der Waals surface area contributed by atoms with Gasteiger partial charge in [-0.2, -0.15) is 5.26 Å². The van der Waals surface area contributed by atoms with Crippen LogP contribution in [0.5, 0.6) is 0 Å². The Kier molecular flexibility index (Phi) is 4.42. The van der Waals surface area contributed by atoms with Crippen LogP contribution < -0.4 is 0 Å². The topological polar surface area (TPSA) is 23.8 Å². The first kappa shape index (κ1) is 13.1. The first-order valence-corrected chi connectivity index (χ1v) is 7.19. The molecule has 18 heavy (non-hydrogen) atoms. The zero-order valence-electron chi connectivity index (χ0n) is 11.4. The molecule has 96 valence electrons. The van der Waals surface area contributed by atoms with Crippen LogP contribution in [0.15, 0.2) is 30.3 Å². The molecule has 1 fully saturated rings. The van der Waals surface area contributed by atoms with Gasteiger partial charge in [0.15, 0.2) is 0 Å². The highest BCUT2D eigenvalue weighted by atomic mass is 14.4. The maximum atomic E-state index is 9.47. The number of benzene rings is 1. The minimum atomic E-state index is -0.0126. The van der Waals surface area contributed by atoms with E-state index in [9.17, 15) is 5.26 Å². The summed E-state index contributed by atoms with van der Waals surface area (Å²) in [5, 5.41) is 9.47. The van der Waals surface area contributed by atoms with Crippen LogP contribution in [0.25, 0.3) is 0 Å². The molecule has 0 unspecified atom stereocenters. The van der Waals surface area contributed by atoms with E-state index in [1.807, 2.05) is 0 Å². The van der Waals surface area contributed by atoms with Crippen molar-refractivity contribution in [3.63, 3.8) is 0 Å². The van der Waals surface area contributed by atoms with E-state index < -0.39 is 0 Å². The minimum absolute atomic E-state index is 0.0126. The standard InChI is InChI=1S/C17H23N/c1-15-9-12-17(14-18,13-10-15)11-5-8-16-6-3-2-4-7-16/h2-4,6-7,15H,5,8-13H2,1H3. The fraction of sp³-hybridized carbons (Fsp3) is 0.588. The monoisotopic (exact) mass is 241 g/mol. The van der Waals surface area contributed by atoms with Gasteiger partial charge in [0.1, 0.15) is 0 Å². The molecule has 0 saturated heterocycles. The molecule has 0 bridgehead atoms. The molecule has 1 aromatic rings. The molecule has 0 N–H and O–H groups in total. The summed E-state index contributed by atoms with van der Waals surface area (Å²) < 4.78 is 0. The molecular formula is C17H23N. The molecule has 1 aliphatic rings. The van der Waals surface area contributed by atoms with Crippen LogP contribution in [0.4, 0.5) is 0 Å². The third-order valence-electron chi connectivity index (χ3n) is 4.43. The van der Waals surface area contributed by atoms with E-state index >= 15 is 0 Å². The maximum absolute atomic E-state index is 9.47. The number of nitrogens with zero attached hydrogens (tertiary/aromatic N) is 1. The molecule has 0 amide bonds. The van der Waals surface area contributed by atoms with Crippen LogP contribution in [0.2, 0.25) is 0 Å². The minimum Gasteiger partial charge on any atom is -0.198 e. The van der Waals surface area contributed by atoms with E-state index in [-0.39, 0.29) is 5.41 Å². The van der Waals surface area contributed by atoms with E-state index in [1.165, 1.54) is 18.4 Å². The summed E-state index contributed by atoms with van der Waals surface area (Å²) in [6, 6.07) is 13.2. The quantitative estimate of drug-likeness (QED) is 0.747. The number of nitriles is 1. The van der Waals surface area contributed by atoms with Crippen molar-refractivity contribution in [3.05, 3.63) is 35.9 Å². The van der Waals surface area contributed by atoms with Crippen LogP contribution in [0.1, 0.15) is 51.0 Å². The Morgan fingerprint density at radius 3 is 2.50 bits per heavy atom. The summed E-state index contributed by atoms with van der Waals surface area (Å²) in [5.41, 5.74) is 1.39. The fourth-order valence-electron chi connectivity index (χ4n) is 3.01. The van der Waals surface area contributed by atoms with Crippen LogP contribution in [-0.4, -0.2) is 0 Å². The lowest BCUT2D eigenvalue weighted by atomic mass is 9.69. The van der Waals surface area contributed by atoms with Crippen LogP contribution >= 0.6 is 0 Å². The molecule has 0 atom stereocenters. The molecule has 1 aromatic carbocycles. The van der Waals surface area contributed by atoms with Crippen molar-refractivity contribution >= 4 is 0 Å². The average molecular weight is 241 g/mol. The zero-order chi connectivity index (χ0) is 12.8. The Hall–Kier alpha value is -1.29. The van der Waals surface area contributed by atoms with Gasteiger partial charge >= 0.3 is 0 Å². The van der Waals surface area contributed by atoms with Crippen molar-refractivity contribution in [1.29, 1.82) is 5.26 Å². The lowest BCUT2D eigenvalue weighted by molar-refractivity contribution is 0.203. The number of hydrogen-bond donors (Lipinski definition) is 0. The molecular weight excluding hydrogens is 218 g/mol. The fourth-order valence-corrected chi connectivity index (χ4v) is 3.01. The van der Waals surface area contributed by atoms with Crippen LogP contribution in [0, 0.1) is 22.7 Å². The third kappa shape index (κ3) is 3.35. The van der Waals surface area contributed by atoms with Crippen LogP contribution in [0.3, 0.4) is 0 Å². The summed E-state index contributed by atoms with van der Waals surface area (Å²) in [6.07, 6.45) is 8.02. The molecule has 1 saturated carbocycles. The second-order valence-corrected chi connectivity index (χ2v) is 5.91. The van der Waals surface area contributed by atoms with E-state index in [0.717, 1.165) is 38.0 Å². The Morgan fingerprint density at radius 2 is 1.89 bits per heavy atom. The van der Waals surface area contributed by atoms with Gasteiger partial charge in [0.25, 0.3) is 0 Å². The van der Waals surface area contributed by atoms with Gasteiger partial charge in [-0.15, -0.1) is 0 Å². The Balaban J connectivity index is 1.83. The van der Waals surface area contributed by atoms with E-state index in [0.29, 0.717) is 0 Å². The van der Waals surface area contributed by atoms with Gasteiger partial charge in [-0.05, 0) is 56.4 Å². The highest BCUT2D eigenvalue weighted by molar-refractivity contribution is 5.14. The summed E-state index contributed by atoms with van der Waals surface area (Å²) in [5.74, 6) is 0.820. The molecule has 2 rings (SSSR count). The largest absolute Gasteiger partial charge is 0.198 e. The third-order valence-corrected chi connectivity index (χ3v) is 4.43. The van der Waals surface area contributed by atoms with Gasteiger partial charge in [0, 0.05) is 0 Å². The summed E-state index contributed by atoms with van der Waals surface area (Å²) in [6.45, 7) is 2.31. The SMILES string of the molecule is CC1CCC(C#N)(CCCc2ccccc2)CC1. The van der Waals surface area contributed by atoms with E-state index in [1.54, 1.807) is 0 Å². The highest BCUT2D eigenvalue weighted by Gasteiger charge is 2.33. The molecule has 0 radical (unpaired) electrons. The molecule has 0 aromatic heterocycles. The molecule has 0 heterocycles. The van der Waals surface area contributed by atoms with Crippen molar-refractivity contribution in [2.24, 2.45) is 11.3 Å². The Morgan fingerprint density at radius 1 is 1.22 bits per heavy atom. The van der Waals surface area contributed by atoms with Crippen LogP contribution in [-0.2, 0) is 6.42 Å². The zero-order valence-corrected chi connectivity index (χ0v) is 11.4. The van der Waals surface area contributed by atoms with Gasteiger partial charge < -0.3 is 0 Å². The van der Waals surface area contributed by atoms with E-state index in [4.69, 9.17) is 0 Å². The van der Waals surface area contributed by atoms with Crippen molar-refractivity contribution in [3.8, 4) is 6.07 Å². The van der Waals surface area contributed by atoms with Gasteiger partial charge in [-0.25, -0.2) is 0 Å². The maximum Gasteiger partial charge on any atom is 0.0689 e. The summed E-state index contributed by atoms with van der Waals surface area (Å²) in [7, 11) is 0. The summed E-state index contributed by atoms with van der Waals surface area (Å²) >= 11 is 0. The first-order valence-electron chi connectivity index (χ1n) is 7.19. The van der Waals surface area contributed by atoms with Gasteiger partial charge in [0.2, 0.25) is 0 Å². The molecule has 0 spiro atoms. The second-order valence-electron chi connectivity index (χ2n) is 5.91. The molecule has 1 aliphatic carbocycles. The number of hydrogen-bond acceptors (Lipinski definition) is 1. The predicted molar refractivity (Wildman–Crippen MR) is 75.1 cm³/mol. The molecule has 1 heteroatoms. The average Bonchev–Trinajstić information content (AvgIpc) is 2.43. The Labute approximate surface area is 111 Å². The van der Waals surface area contributed by atoms with Crippen molar-refractivity contribution in [2.45, 2.75) is 51.9 Å². The lowest BCUT2D eigenvalue weighted by Gasteiger charge is -2.33. The van der Waals surface area contributed by atoms with Crippen molar-refractivity contribution in [2.75, 3.05) is 0 Å². The normalized spacial score (nSPS) is 27.7. The molecule has 1 nitrogen and oxygen atoms in total. The summed E-state index contributed by atoms with van der Waals surface area (Å²) in [4.78, 5) is 0. The first-order chi connectivity index (χ1) is 8.74. The van der Waals surface area contributed by atoms with Gasteiger partial charge in [-0.1, -0.05) is 37.3 Å². The Bertz CT molecular complexity index is 393. The smallest absolute Gasteiger partial charge is 0.0689 e. The van der Waals surface area contributed by atoms with E-state index in [2.05, 4.69) is 43.3 Å². The van der Waals surface area contributed by atoms with Crippen molar-refractivity contribution < 1.29 is 0 Å². The number of rotatable bonds is 4. The molecule has 0 aliphatic heterocycles. The second kappa shape index (κ2) is 6.05. The highest BCUT2D eigenvalue weighted by Crippen LogP contribution is 2.41. The van der Waals surface area contributed by atoms with Gasteiger partial charge in [0.05, 0.1) is 11.5 Å². The predicted octanol–water partition coefficient (Wildman–Crippen LogP) is 4.73. The van der Waals surface area contributed by atoms with Crippen molar-refractivity contribution in [1.82, 2.24) is 0 Å². The van der Waals surface area contributed by atoms with Gasteiger partial charge in [-0.3, -0.25) is 0 Å².